The van der Waals surface area contributed by atoms with Gasteiger partial charge in [0.05, 0.1) is 31.5 Å². The summed E-state index contributed by atoms with van der Waals surface area (Å²) in [6.45, 7) is 5.30. The molecule has 9 nitrogen and oxygen atoms in total. The second-order valence-electron chi connectivity index (χ2n) is 8.25. The van der Waals surface area contributed by atoms with E-state index in [0.29, 0.717) is 65.0 Å². The van der Waals surface area contributed by atoms with Crippen LogP contribution in [0.4, 0.5) is 5.69 Å². The Hall–Kier alpha value is -3.59. The van der Waals surface area contributed by atoms with Gasteiger partial charge in [-0.2, -0.15) is 0 Å². The molecule has 1 amide bonds. The van der Waals surface area contributed by atoms with Gasteiger partial charge in [-0.25, -0.2) is 0 Å². The quantitative estimate of drug-likeness (QED) is 0.593. The van der Waals surface area contributed by atoms with Crippen LogP contribution >= 0.6 is 0 Å². The summed E-state index contributed by atoms with van der Waals surface area (Å²) in [6.07, 6.45) is 6.21. The van der Waals surface area contributed by atoms with E-state index in [1.54, 1.807) is 26.4 Å². The maximum Gasteiger partial charge on any atom is 0.257 e. The summed E-state index contributed by atoms with van der Waals surface area (Å²) in [7, 11) is 7.13. The molecule has 1 aromatic rings. The van der Waals surface area contributed by atoms with Crippen molar-refractivity contribution in [3.8, 4) is 11.5 Å². The number of carbonyl (C=O) groups is 1. The second-order valence-corrected chi connectivity index (χ2v) is 8.25. The minimum Gasteiger partial charge on any atom is -0.497 e. The van der Waals surface area contributed by atoms with Crippen LogP contribution in [0.15, 0.2) is 53.1 Å². The van der Waals surface area contributed by atoms with Gasteiger partial charge < -0.3 is 40.2 Å². The number of amides is 1. The number of hydrogen-bond donors (Lipinski definition) is 2. The van der Waals surface area contributed by atoms with E-state index < -0.39 is 0 Å². The molecule has 1 atom stereocenters. The van der Waals surface area contributed by atoms with E-state index in [0.717, 1.165) is 5.57 Å². The minimum absolute atomic E-state index is 0.113. The summed E-state index contributed by atoms with van der Waals surface area (Å²) in [4.78, 5) is 17.7. The Morgan fingerprint density at radius 3 is 2.43 bits per heavy atom. The third-order valence-corrected chi connectivity index (χ3v) is 5.99. The molecule has 1 aliphatic carbocycles. The van der Waals surface area contributed by atoms with Crippen molar-refractivity contribution in [2.45, 2.75) is 26.3 Å². The highest BCUT2D eigenvalue weighted by atomic mass is 16.7. The summed E-state index contributed by atoms with van der Waals surface area (Å²) >= 11 is 0. The molecule has 1 aromatic carbocycles. The first-order valence-corrected chi connectivity index (χ1v) is 11.7. The standard InChI is InChI=1S/C24H30N4O5.C2H6/c1-27(2)9-10-28-17-6-8-19(31-4)18(30-3)7-5-14(17)23(26)22(24(28)29)15-11-20-21(12-16(15)25)33-13-32-20;1-2/h5-6,8,11-12,17H,7,9-10,13,25-26H2,1-4H3;1-2H3/b8-6?,14-5+,19-18-;. The predicted molar refractivity (Wildman–Crippen MR) is 136 cm³/mol. The molecule has 3 aliphatic rings. The van der Waals surface area contributed by atoms with Gasteiger partial charge in [-0.3, -0.25) is 4.79 Å². The van der Waals surface area contributed by atoms with Gasteiger partial charge in [-0.1, -0.05) is 26.0 Å². The highest BCUT2D eigenvalue weighted by Gasteiger charge is 2.38. The first-order chi connectivity index (χ1) is 16.8. The van der Waals surface area contributed by atoms with Gasteiger partial charge in [-0.15, -0.1) is 0 Å². The van der Waals surface area contributed by atoms with Crippen LogP contribution in [0.3, 0.4) is 0 Å². The zero-order valence-electron chi connectivity index (χ0n) is 21.4. The first kappa shape index (κ1) is 26.0. The molecule has 2 heterocycles. The predicted octanol–water partition coefficient (Wildman–Crippen LogP) is 2.86. The molecule has 0 spiro atoms. The fourth-order valence-corrected chi connectivity index (χ4v) is 4.22. The second kappa shape index (κ2) is 11.2. The molecule has 35 heavy (non-hydrogen) atoms. The van der Waals surface area contributed by atoms with Crippen molar-refractivity contribution in [3.05, 3.63) is 58.7 Å². The normalized spacial score (nSPS) is 22.6. The average Bonchev–Trinajstić information content (AvgIpc) is 3.28. The Labute approximate surface area is 207 Å². The number of carbonyl (C=O) groups excluding carboxylic acids is 1. The molecule has 1 unspecified atom stereocenters. The largest absolute Gasteiger partial charge is 0.497 e. The van der Waals surface area contributed by atoms with Crippen LogP contribution in [-0.4, -0.2) is 69.9 Å². The van der Waals surface area contributed by atoms with Gasteiger partial charge in [0.1, 0.15) is 5.76 Å². The van der Waals surface area contributed by atoms with E-state index >= 15 is 0 Å². The van der Waals surface area contributed by atoms with E-state index in [1.165, 1.54) is 0 Å². The van der Waals surface area contributed by atoms with E-state index in [1.807, 2.05) is 56.0 Å². The Balaban J connectivity index is 0.00000167. The number of methoxy groups -OCH3 is 2. The number of hydrogen-bond acceptors (Lipinski definition) is 8. The number of benzene rings is 1. The molecular formula is C26H36N4O5. The molecule has 2 aliphatic heterocycles. The van der Waals surface area contributed by atoms with Gasteiger partial charge in [0.15, 0.2) is 17.3 Å². The summed E-state index contributed by atoms with van der Waals surface area (Å²) in [6, 6.07) is 3.05. The van der Waals surface area contributed by atoms with Gasteiger partial charge in [0.25, 0.3) is 5.91 Å². The van der Waals surface area contributed by atoms with Gasteiger partial charge in [-0.05, 0) is 31.8 Å². The van der Waals surface area contributed by atoms with Gasteiger partial charge >= 0.3 is 0 Å². The van der Waals surface area contributed by atoms with Crippen molar-refractivity contribution < 1.29 is 23.7 Å². The van der Waals surface area contributed by atoms with Crippen LogP contribution in [0.2, 0.25) is 0 Å². The molecule has 0 fully saturated rings. The Bertz CT molecular complexity index is 1090. The summed E-state index contributed by atoms with van der Waals surface area (Å²) < 4.78 is 21.9. The average molecular weight is 485 g/mol. The first-order valence-electron chi connectivity index (χ1n) is 11.7. The number of rotatable bonds is 6. The van der Waals surface area contributed by atoms with Crippen LogP contribution in [0, 0.1) is 0 Å². The molecule has 0 saturated heterocycles. The van der Waals surface area contributed by atoms with E-state index in [-0.39, 0.29) is 18.7 Å². The maximum absolute atomic E-state index is 13.8. The molecule has 0 aromatic heterocycles. The number of fused-ring (bicyclic) bond motifs is 2. The molecule has 9 heteroatoms. The summed E-state index contributed by atoms with van der Waals surface area (Å²) in [5.74, 6) is 2.18. The Morgan fingerprint density at radius 2 is 1.80 bits per heavy atom. The van der Waals surface area contributed by atoms with Crippen LogP contribution in [0.25, 0.3) is 5.57 Å². The fourth-order valence-electron chi connectivity index (χ4n) is 4.22. The highest BCUT2D eigenvalue weighted by molar-refractivity contribution is 6.24. The van der Waals surface area contributed by atoms with Gasteiger partial charge in [0, 0.05) is 36.8 Å². The number of allylic oxidation sites excluding steroid dienone is 2. The summed E-state index contributed by atoms with van der Waals surface area (Å²) in [5.41, 5.74) is 15.5. The van der Waals surface area contributed by atoms with Crippen LogP contribution in [-0.2, 0) is 14.3 Å². The minimum atomic E-state index is -0.347. The zero-order valence-corrected chi connectivity index (χ0v) is 21.4. The fraction of sp³-hybridized carbons (Fsp3) is 0.423. The lowest BCUT2D eigenvalue weighted by Crippen LogP contribution is -2.48. The Kier molecular flexibility index (Phi) is 8.34. The number of nitrogen functional groups attached to an aromatic ring is 1. The number of ether oxygens (including phenoxy) is 4. The molecule has 190 valence electrons. The zero-order chi connectivity index (χ0) is 25.7. The number of nitrogens with zero attached hydrogens (tertiary/aromatic N) is 2. The molecular weight excluding hydrogens is 448 g/mol. The smallest absolute Gasteiger partial charge is 0.257 e. The molecule has 4 N–H and O–H groups in total. The number of likely N-dealkylation sites (N-methyl/N-ethyl adjacent to an activating group) is 1. The monoisotopic (exact) mass is 484 g/mol. The van der Waals surface area contributed by atoms with Crippen molar-refractivity contribution >= 4 is 17.2 Å². The van der Waals surface area contributed by atoms with Crippen LogP contribution in [0.5, 0.6) is 11.5 Å². The number of nitrogens with two attached hydrogens (primary N) is 2. The van der Waals surface area contributed by atoms with Crippen LogP contribution in [0.1, 0.15) is 25.8 Å². The third-order valence-electron chi connectivity index (χ3n) is 5.99. The Morgan fingerprint density at radius 1 is 1.11 bits per heavy atom. The summed E-state index contributed by atoms with van der Waals surface area (Å²) in [5, 5.41) is 0. The van der Waals surface area contributed by atoms with Gasteiger partial charge in [0.2, 0.25) is 6.79 Å². The molecule has 4 rings (SSSR count). The van der Waals surface area contributed by atoms with Crippen molar-refractivity contribution in [1.29, 1.82) is 0 Å². The molecule has 0 bridgehead atoms. The van der Waals surface area contributed by atoms with E-state index in [9.17, 15) is 4.79 Å². The molecule has 0 radical (unpaired) electrons. The van der Waals surface area contributed by atoms with Crippen molar-refractivity contribution in [2.75, 3.05) is 53.9 Å². The lowest BCUT2D eigenvalue weighted by atomic mass is 9.87. The third kappa shape index (κ3) is 5.09. The van der Waals surface area contributed by atoms with Crippen molar-refractivity contribution in [1.82, 2.24) is 9.80 Å². The SMILES string of the molecule is CC.CO/C1=C(\OC)C/C=C2/C(N)=C(c3cc4c(cc3N)OCO4)C(=O)N(CCN(C)C)C2C=C1. The highest BCUT2D eigenvalue weighted by Crippen LogP contribution is 2.42. The van der Waals surface area contributed by atoms with Crippen molar-refractivity contribution in [3.63, 3.8) is 0 Å². The number of anilines is 1. The topological polar surface area (TPSA) is 113 Å². The maximum atomic E-state index is 13.8. The van der Waals surface area contributed by atoms with E-state index in [4.69, 9.17) is 30.4 Å². The molecule has 0 saturated carbocycles. The lowest BCUT2D eigenvalue weighted by molar-refractivity contribution is -0.126. The van der Waals surface area contributed by atoms with E-state index in [2.05, 4.69) is 0 Å². The van der Waals surface area contributed by atoms with Crippen molar-refractivity contribution in [2.24, 2.45) is 5.73 Å². The lowest BCUT2D eigenvalue weighted by Gasteiger charge is -2.39. The van der Waals surface area contributed by atoms with Crippen LogP contribution < -0.4 is 20.9 Å².